The van der Waals surface area contributed by atoms with E-state index in [0.29, 0.717) is 0 Å². The lowest BCUT2D eigenvalue weighted by atomic mass is 10.3. The molecule has 0 radical (unpaired) electrons. The third kappa shape index (κ3) is 1.90. The Morgan fingerprint density at radius 1 is 1.08 bits per heavy atom. The fraction of sp³-hybridized carbons (Fsp3) is 0.0909. The highest BCUT2D eigenvalue weighted by Gasteiger charge is 1.93. The molecule has 0 saturated carbocycles. The van der Waals surface area contributed by atoms with Crippen LogP contribution in [-0.2, 0) is 0 Å². The van der Waals surface area contributed by atoms with Gasteiger partial charge in [-0.2, -0.15) is 0 Å². The summed E-state index contributed by atoms with van der Waals surface area (Å²) in [4.78, 5) is 0. The second-order valence-corrected chi connectivity index (χ2v) is 2.80. The highest BCUT2D eigenvalue weighted by atomic mass is 16.3. The number of hydrogen-bond acceptors (Lipinski definition) is 2. The van der Waals surface area contributed by atoms with E-state index in [1.54, 1.807) is 6.26 Å². The van der Waals surface area contributed by atoms with Crippen LogP contribution in [-0.4, -0.2) is 0 Å². The zero-order valence-corrected chi connectivity index (χ0v) is 7.36. The predicted molar refractivity (Wildman–Crippen MR) is 51.1 cm³/mol. The van der Waals surface area contributed by atoms with Crippen molar-refractivity contribution in [3.8, 4) is 0 Å². The molecule has 0 unspecified atom stereocenters. The number of hydrogen-bond donors (Lipinski definition) is 0. The Bertz CT molecular complexity index is 393. The SMILES string of the molecule is Cc1ccc(/C=C/c2ccco2)o1. The van der Waals surface area contributed by atoms with Gasteiger partial charge in [-0.25, -0.2) is 0 Å². The molecule has 0 aliphatic rings. The van der Waals surface area contributed by atoms with Crippen LogP contribution in [0.5, 0.6) is 0 Å². The second kappa shape index (κ2) is 3.35. The van der Waals surface area contributed by atoms with Gasteiger partial charge >= 0.3 is 0 Å². The quantitative estimate of drug-likeness (QED) is 0.697. The highest BCUT2D eigenvalue weighted by Crippen LogP contribution is 2.11. The van der Waals surface area contributed by atoms with Gasteiger partial charge in [-0.05, 0) is 43.3 Å². The van der Waals surface area contributed by atoms with Crippen LogP contribution in [0, 0.1) is 6.92 Å². The molecule has 0 aromatic carbocycles. The molecule has 0 saturated heterocycles. The standard InChI is InChI=1S/C11H10O2/c1-9-4-5-11(13-9)7-6-10-3-2-8-12-10/h2-8H,1H3/b7-6+. The van der Waals surface area contributed by atoms with Crippen molar-refractivity contribution in [2.24, 2.45) is 0 Å². The van der Waals surface area contributed by atoms with Crippen molar-refractivity contribution in [1.82, 2.24) is 0 Å². The molecule has 0 N–H and O–H groups in total. The van der Waals surface area contributed by atoms with Crippen molar-refractivity contribution >= 4 is 12.2 Å². The third-order valence-corrected chi connectivity index (χ3v) is 1.72. The summed E-state index contributed by atoms with van der Waals surface area (Å²) < 4.78 is 10.5. The third-order valence-electron chi connectivity index (χ3n) is 1.72. The second-order valence-electron chi connectivity index (χ2n) is 2.80. The predicted octanol–water partition coefficient (Wildman–Crippen LogP) is 3.35. The molecule has 2 aromatic heterocycles. The first-order valence-electron chi connectivity index (χ1n) is 4.12. The Morgan fingerprint density at radius 2 is 1.92 bits per heavy atom. The molecule has 2 rings (SSSR count). The minimum absolute atomic E-state index is 0.828. The minimum atomic E-state index is 0.828. The average Bonchev–Trinajstić information content (AvgIpc) is 2.71. The van der Waals surface area contributed by atoms with E-state index in [1.807, 2.05) is 43.3 Å². The lowest BCUT2D eigenvalue weighted by Gasteiger charge is -1.84. The molecule has 0 fully saturated rings. The van der Waals surface area contributed by atoms with Crippen LogP contribution in [0.25, 0.3) is 12.2 Å². The van der Waals surface area contributed by atoms with Crippen LogP contribution in [0.1, 0.15) is 17.3 Å². The van der Waals surface area contributed by atoms with E-state index in [-0.39, 0.29) is 0 Å². The van der Waals surface area contributed by atoms with Gasteiger partial charge in [0.2, 0.25) is 0 Å². The van der Waals surface area contributed by atoms with Crippen LogP contribution in [0.2, 0.25) is 0 Å². The molecule has 66 valence electrons. The molecule has 2 heteroatoms. The van der Waals surface area contributed by atoms with Crippen LogP contribution < -0.4 is 0 Å². The van der Waals surface area contributed by atoms with Crippen molar-refractivity contribution in [2.75, 3.05) is 0 Å². The van der Waals surface area contributed by atoms with Crippen molar-refractivity contribution < 1.29 is 8.83 Å². The maximum absolute atomic E-state index is 5.35. The van der Waals surface area contributed by atoms with E-state index in [1.165, 1.54) is 0 Å². The molecule has 0 aliphatic carbocycles. The van der Waals surface area contributed by atoms with Crippen molar-refractivity contribution in [3.63, 3.8) is 0 Å². The lowest BCUT2D eigenvalue weighted by molar-refractivity contribution is 0.524. The number of rotatable bonds is 2. The zero-order valence-electron chi connectivity index (χ0n) is 7.36. The Kier molecular flexibility index (Phi) is 2.04. The summed E-state index contributed by atoms with van der Waals surface area (Å²) in [6.45, 7) is 1.92. The smallest absolute Gasteiger partial charge is 0.127 e. The first-order valence-corrected chi connectivity index (χ1v) is 4.12. The molecular formula is C11H10O2. The van der Waals surface area contributed by atoms with E-state index in [2.05, 4.69) is 0 Å². The van der Waals surface area contributed by atoms with E-state index in [9.17, 15) is 0 Å². The maximum Gasteiger partial charge on any atom is 0.127 e. The first kappa shape index (κ1) is 7.92. The summed E-state index contributed by atoms with van der Waals surface area (Å²) in [5.74, 6) is 2.59. The Labute approximate surface area is 76.5 Å². The molecule has 0 bridgehead atoms. The highest BCUT2D eigenvalue weighted by molar-refractivity contribution is 5.64. The van der Waals surface area contributed by atoms with E-state index in [0.717, 1.165) is 17.3 Å². The number of aryl methyl sites for hydroxylation is 1. The largest absolute Gasteiger partial charge is 0.465 e. The number of furan rings is 2. The molecule has 0 aliphatic heterocycles. The molecule has 0 amide bonds. The first-order chi connectivity index (χ1) is 6.34. The van der Waals surface area contributed by atoms with Gasteiger partial charge in [0.15, 0.2) is 0 Å². The average molecular weight is 174 g/mol. The minimum Gasteiger partial charge on any atom is -0.465 e. The summed E-state index contributed by atoms with van der Waals surface area (Å²) >= 11 is 0. The fourth-order valence-corrected chi connectivity index (χ4v) is 1.09. The van der Waals surface area contributed by atoms with Gasteiger partial charge < -0.3 is 8.83 Å². The summed E-state index contributed by atoms with van der Waals surface area (Å²) in [5.41, 5.74) is 0. The molecular weight excluding hydrogens is 164 g/mol. The van der Waals surface area contributed by atoms with Crippen molar-refractivity contribution in [3.05, 3.63) is 47.8 Å². The van der Waals surface area contributed by atoms with Crippen molar-refractivity contribution in [1.29, 1.82) is 0 Å². The van der Waals surface area contributed by atoms with Gasteiger partial charge in [0.25, 0.3) is 0 Å². The van der Waals surface area contributed by atoms with Crippen LogP contribution in [0.15, 0.2) is 39.4 Å². The molecule has 2 nitrogen and oxygen atoms in total. The van der Waals surface area contributed by atoms with Gasteiger partial charge in [-0.15, -0.1) is 0 Å². The molecule has 0 atom stereocenters. The molecule has 13 heavy (non-hydrogen) atoms. The van der Waals surface area contributed by atoms with Crippen LogP contribution in [0.4, 0.5) is 0 Å². The molecule has 2 aromatic rings. The summed E-state index contributed by atoms with van der Waals surface area (Å²) in [5, 5.41) is 0. The monoisotopic (exact) mass is 174 g/mol. The van der Waals surface area contributed by atoms with Gasteiger partial charge in [0.05, 0.1) is 6.26 Å². The van der Waals surface area contributed by atoms with E-state index < -0.39 is 0 Å². The van der Waals surface area contributed by atoms with Gasteiger partial charge in [0.1, 0.15) is 17.3 Å². The summed E-state index contributed by atoms with van der Waals surface area (Å²) in [7, 11) is 0. The topological polar surface area (TPSA) is 26.3 Å². The Hall–Kier alpha value is -1.70. The fourth-order valence-electron chi connectivity index (χ4n) is 1.09. The van der Waals surface area contributed by atoms with Gasteiger partial charge in [-0.1, -0.05) is 0 Å². The van der Waals surface area contributed by atoms with Crippen LogP contribution in [0.3, 0.4) is 0 Å². The van der Waals surface area contributed by atoms with Crippen LogP contribution >= 0.6 is 0 Å². The van der Waals surface area contributed by atoms with E-state index in [4.69, 9.17) is 8.83 Å². The summed E-state index contributed by atoms with van der Waals surface area (Å²) in [6, 6.07) is 7.61. The lowest BCUT2D eigenvalue weighted by Crippen LogP contribution is -1.62. The van der Waals surface area contributed by atoms with E-state index >= 15 is 0 Å². The maximum atomic E-state index is 5.35. The Balaban J connectivity index is 2.14. The zero-order chi connectivity index (χ0) is 9.10. The van der Waals surface area contributed by atoms with Gasteiger partial charge in [0, 0.05) is 0 Å². The molecule has 2 heterocycles. The van der Waals surface area contributed by atoms with Crippen molar-refractivity contribution in [2.45, 2.75) is 6.92 Å². The Morgan fingerprint density at radius 3 is 2.54 bits per heavy atom. The normalized spacial score (nSPS) is 11.2. The molecule has 0 spiro atoms. The van der Waals surface area contributed by atoms with Gasteiger partial charge in [-0.3, -0.25) is 0 Å². The summed E-state index contributed by atoms with van der Waals surface area (Å²) in [6.07, 6.45) is 5.40.